The number of hydrogen-bond donors (Lipinski definition) is 2. The molecule has 26 heavy (non-hydrogen) atoms. The first-order valence-corrected chi connectivity index (χ1v) is 9.37. The molecule has 2 N–H and O–H groups in total. The Labute approximate surface area is 153 Å². The Bertz CT molecular complexity index is 916. The fourth-order valence-corrected chi connectivity index (χ4v) is 3.18. The van der Waals surface area contributed by atoms with Gasteiger partial charge in [0.25, 0.3) is 5.91 Å². The van der Waals surface area contributed by atoms with Gasteiger partial charge in [-0.15, -0.1) is 0 Å². The van der Waals surface area contributed by atoms with Gasteiger partial charge in [-0.25, -0.2) is 13.1 Å². The smallest absolute Gasteiger partial charge is 0.255 e. The minimum absolute atomic E-state index is 0.0882. The first-order chi connectivity index (χ1) is 12.3. The van der Waals surface area contributed by atoms with Gasteiger partial charge >= 0.3 is 0 Å². The molecule has 136 valence electrons. The molecule has 0 radical (unpaired) electrons. The van der Waals surface area contributed by atoms with E-state index in [0.29, 0.717) is 29.9 Å². The van der Waals surface area contributed by atoms with Crippen molar-refractivity contribution >= 4 is 21.6 Å². The molecule has 0 bridgehead atoms. The average molecular weight is 372 g/mol. The maximum absolute atomic E-state index is 12.3. The molecule has 2 rings (SSSR count). The lowest BCUT2D eigenvalue weighted by Gasteiger charge is -2.11. The van der Waals surface area contributed by atoms with E-state index < -0.39 is 15.9 Å². The summed E-state index contributed by atoms with van der Waals surface area (Å²) in [6.45, 7) is 0.876. The molecule has 0 heterocycles. The van der Waals surface area contributed by atoms with E-state index in [2.05, 4.69) is 10.0 Å². The highest BCUT2D eigenvalue weighted by molar-refractivity contribution is 7.89. The fraction of sp³-hybridized carbons (Fsp3) is 0.222. The number of hydrogen-bond acceptors (Lipinski definition) is 5. The van der Waals surface area contributed by atoms with Crippen LogP contribution in [-0.4, -0.2) is 46.4 Å². The largest absolute Gasteiger partial charge is 0.321 e. The maximum Gasteiger partial charge on any atom is 0.255 e. The normalized spacial score (nSPS) is 11.2. The number of likely N-dealkylation sites (N-methyl/N-ethyl adjacent to an activating group) is 1. The topological polar surface area (TPSA) is 102 Å². The molecule has 0 fully saturated rings. The number of carbonyl (C=O) groups excluding carboxylic acids is 1. The van der Waals surface area contributed by atoms with Crippen LogP contribution in [0.2, 0.25) is 0 Å². The number of carbonyl (C=O) groups is 1. The van der Waals surface area contributed by atoms with Crippen LogP contribution in [0.4, 0.5) is 5.69 Å². The van der Waals surface area contributed by atoms with Crippen LogP contribution in [0, 0.1) is 11.3 Å². The number of amides is 1. The molecule has 0 aliphatic carbocycles. The lowest BCUT2D eigenvalue weighted by Crippen LogP contribution is -2.31. The summed E-state index contributed by atoms with van der Waals surface area (Å²) < 4.78 is 26.9. The third-order valence-corrected chi connectivity index (χ3v) is 5.05. The molecule has 0 aromatic heterocycles. The molecule has 0 atom stereocenters. The van der Waals surface area contributed by atoms with E-state index in [1.807, 2.05) is 25.1 Å². The number of nitrogens with one attached hydrogen (secondary N) is 2. The van der Waals surface area contributed by atoms with Gasteiger partial charge in [0.05, 0.1) is 16.1 Å². The highest BCUT2D eigenvalue weighted by atomic mass is 32.2. The van der Waals surface area contributed by atoms with Crippen molar-refractivity contribution in [3.63, 3.8) is 0 Å². The molecule has 2 aromatic carbocycles. The lowest BCUT2D eigenvalue weighted by molar-refractivity contribution is 0.102. The number of anilines is 1. The number of sulfonamides is 1. The Hall–Kier alpha value is -2.73. The van der Waals surface area contributed by atoms with Crippen LogP contribution >= 0.6 is 0 Å². The van der Waals surface area contributed by atoms with Crippen molar-refractivity contribution in [3.05, 3.63) is 59.7 Å². The van der Waals surface area contributed by atoms with Crippen molar-refractivity contribution in [3.8, 4) is 6.07 Å². The zero-order valence-corrected chi connectivity index (χ0v) is 15.4. The fourth-order valence-electron chi connectivity index (χ4n) is 2.16. The van der Waals surface area contributed by atoms with Gasteiger partial charge in [0.1, 0.15) is 6.07 Å². The van der Waals surface area contributed by atoms with Gasteiger partial charge in [0.15, 0.2) is 0 Å². The van der Waals surface area contributed by atoms with E-state index in [-0.39, 0.29) is 4.90 Å². The Morgan fingerprint density at radius 3 is 2.38 bits per heavy atom. The molecule has 0 saturated heterocycles. The second-order valence-electron chi connectivity index (χ2n) is 5.84. The van der Waals surface area contributed by atoms with Gasteiger partial charge in [-0.3, -0.25) is 4.79 Å². The maximum atomic E-state index is 12.3. The predicted molar refractivity (Wildman–Crippen MR) is 99.3 cm³/mol. The van der Waals surface area contributed by atoms with E-state index in [1.54, 1.807) is 24.3 Å². The summed E-state index contributed by atoms with van der Waals surface area (Å²) in [5, 5.41) is 11.7. The van der Waals surface area contributed by atoms with Crippen LogP contribution in [0.15, 0.2) is 53.4 Å². The Morgan fingerprint density at radius 1 is 1.12 bits per heavy atom. The summed E-state index contributed by atoms with van der Waals surface area (Å²) >= 11 is 0. The number of benzene rings is 2. The quantitative estimate of drug-likeness (QED) is 0.769. The minimum atomic E-state index is -3.62. The van der Waals surface area contributed by atoms with Gasteiger partial charge < -0.3 is 10.2 Å². The summed E-state index contributed by atoms with van der Waals surface area (Å²) in [5.41, 5.74) is 1.05. The van der Waals surface area contributed by atoms with Gasteiger partial charge in [-0.1, -0.05) is 12.1 Å². The third kappa shape index (κ3) is 5.13. The Kier molecular flexibility index (Phi) is 6.46. The Balaban J connectivity index is 2.09. The zero-order valence-electron chi connectivity index (χ0n) is 14.6. The van der Waals surface area contributed by atoms with Gasteiger partial charge in [-0.2, -0.15) is 5.26 Å². The molecule has 0 aliphatic heterocycles. The van der Waals surface area contributed by atoms with E-state index in [4.69, 9.17) is 5.26 Å². The molecule has 0 saturated carbocycles. The molecule has 2 aromatic rings. The predicted octanol–water partition coefficient (Wildman–Crippen LogP) is 1.65. The average Bonchev–Trinajstić information content (AvgIpc) is 2.61. The van der Waals surface area contributed by atoms with E-state index in [0.717, 1.165) is 0 Å². The lowest BCUT2D eigenvalue weighted by atomic mass is 10.1. The monoisotopic (exact) mass is 372 g/mol. The first kappa shape index (κ1) is 19.6. The zero-order chi connectivity index (χ0) is 19.2. The molecule has 0 unspecified atom stereocenters. The van der Waals surface area contributed by atoms with E-state index in [9.17, 15) is 13.2 Å². The van der Waals surface area contributed by atoms with Crippen molar-refractivity contribution < 1.29 is 13.2 Å². The van der Waals surface area contributed by atoms with Crippen molar-refractivity contribution in [1.29, 1.82) is 5.26 Å². The number of nitrogens with zero attached hydrogens (tertiary/aromatic N) is 2. The molecule has 7 nitrogen and oxygen atoms in total. The second kappa shape index (κ2) is 8.58. The van der Waals surface area contributed by atoms with Crippen LogP contribution in [-0.2, 0) is 10.0 Å². The van der Waals surface area contributed by atoms with E-state index >= 15 is 0 Å². The molecular weight excluding hydrogens is 352 g/mol. The summed E-state index contributed by atoms with van der Waals surface area (Å²) in [6.07, 6.45) is 0. The Morgan fingerprint density at radius 2 is 1.77 bits per heavy atom. The van der Waals surface area contributed by atoms with Crippen LogP contribution in [0.1, 0.15) is 15.9 Å². The van der Waals surface area contributed by atoms with Crippen molar-refractivity contribution in [2.45, 2.75) is 4.90 Å². The van der Waals surface area contributed by atoms with Crippen LogP contribution in [0.3, 0.4) is 0 Å². The van der Waals surface area contributed by atoms with Gasteiger partial charge in [0.2, 0.25) is 10.0 Å². The highest BCUT2D eigenvalue weighted by Crippen LogP contribution is 2.16. The SMILES string of the molecule is CN(C)CCNS(=O)(=O)c1ccc(C(=O)Nc2ccccc2C#N)cc1. The third-order valence-electron chi connectivity index (χ3n) is 3.57. The summed E-state index contributed by atoms with van der Waals surface area (Å²) in [4.78, 5) is 14.3. The second-order valence-corrected chi connectivity index (χ2v) is 7.60. The number of rotatable bonds is 7. The van der Waals surface area contributed by atoms with Crippen molar-refractivity contribution in [2.75, 3.05) is 32.5 Å². The van der Waals surface area contributed by atoms with Crippen LogP contribution in [0.5, 0.6) is 0 Å². The van der Waals surface area contributed by atoms with Gasteiger partial charge in [0, 0.05) is 18.7 Å². The standard InChI is InChI=1S/C18H20N4O3S/c1-22(2)12-11-20-26(24,25)16-9-7-14(8-10-16)18(23)21-17-6-4-3-5-15(17)13-19/h3-10,20H,11-12H2,1-2H3,(H,21,23). The molecular formula is C18H20N4O3S. The summed E-state index contributed by atoms with van der Waals surface area (Å²) in [7, 11) is 0.0873. The highest BCUT2D eigenvalue weighted by Gasteiger charge is 2.15. The molecule has 8 heteroatoms. The minimum Gasteiger partial charge on any atom is -0.321 e. The number of nitriles is 1. The van der Waals surface area contributed by atoms with E-state index in [1.165, 1.54) is 24.3 Å². The van der Waals surface area contributed by atoms with Gasteiger partial charge in [-0.05, 0) is 50.5 Å². The van der Waals surface area contributed by atoms with Crippen LogP contribution < -0.4 is 10.0 Å². The summed E-state index contributed by atoms with van der Waals surface area (Å²) in [5.74, 6) is -0.419. The molecule has 0 aliphatic rings. The first-order valence-electron chi connectivity index (χ1n) is 7.88. The molecule has 0 spiro atoms. The van der Waals surface area contributed by atoms with Crippen molar-refractivity contribution in [2.24, 2.45) is 0 Å². The molecule has 1 amide bonds. The summed E-state index contributed by atoms with van der Waals surface area (Å²) in [6, 6.07) is 14.3. The van der Waals surface area contributed by atoms with Crippen molar-refractivity contribution in [1.82, 2.24) is 9.62 Å². The number of para-hydroxylation sites is 1. The van der Waals surface area contributed by atoms with Crippen LogP contribution in [0.25, 0.3) is 0 Å².